The molecule has 6 nitrogen and oxygen atoms in total. The first-order valence-electron chi connectivity index (χ1n) is 8.27. The summed E-state index contributed by atoms with van der Waals surface area (Å²) in [4.78, 5) is 25.2. The minimum atomic E-state index is -0.626. The fourth-order valence-corrected chi connectivity index (χ4v) is 3.83. The van der Waals surface area contributed by atoms with Gasteiger partial charge in [-0.05, 0) is 37.5 Å². The number of hydrogen-bond donors (Lipinski definition) is 2. The number of phenolic OH excluding ortho intramolecular Hbond substituents is 1. The van der Waals surface area contributed by atoms with Crippen molar-refractivity contribution in [3.63, 3.8) is 0 Å². The fraction of sp³-hybridized carbons (Fsp3) is 0.368. The first kappa shape index (κ1) is 18.3. The number of nitrogens with one attached hydrogen (secondary N) is 1. The lowest BCUT2D eigenvalue weighted by atomic mass is 9.75. The second-order valence-corrected chi connectivity index (χ2v) is 6.72. The summed E-state index contributed by atoms with van der Waals surface area (Å²) in [5.74, 6) is -1.16. The molecule has 1 aliphatic carbocycles. The van der Waals surface area contributed by atoms with Gasteiger partial charge < -0.3 is 19.9 Å². The number of carbonyl (C=O) groups excluding carboxylic acids is 2. The van der Waals surface area contributed by atoms with Gasteiger partial charge in [0.15, 0.2) is 17.3 Å². The van der Waals surface area contributed by atoms with Crippen LogP contribution in [0.2, 0.25) is 5.02 Å². The Morgan fingerprint density at radius 1 is 1.31 bits per heavy atom. The Morgan fingerprint density at radius 2 is 2.04 bits per heavy atom. The van der Waals surface area contributed by atoms with E-state index >= 15 is 0 Å². The van der Waals surface area contributed by atoms with Crippen molar-refractivity contribution >= 4 is 23.4 Å². The van der Waals surface area contributed by atoms with Crippen molar-refractivity contribution in [3.8, 4) is 11.5 Å². The number of dihydropyridines is 1. The fourth-order valence-electron chi connectivity index (χ4n) is 3.61. The van der Waals surface area contributed by atoms with Crippen LogP contribution >= 0.6 is 11.6 Å². The summed E-state index contributed by atoms with van der Waals surface area (Å²) in [6, 6.07) is 3.15. The Kier molecular flexibility index (Phi) is 4.96. The molecule has 0 bridgehead atoms. The molecule has 7 heteroatoms. The molecule has 0 saturated heterocycles. The number of esters is 1. The van der Waals surface area contributed by atoms with Gasteiger partial charge in [0.2, 0.25) is 0 Å². The van der Waals surface area contributed by atoms with E-state index in [1.165, 1.54) is 14.2 Å². The number of ether oxygens (including phenoxy) is 2. The molecule has 0 saturated carbocycles. The summed E-state index contributed by atoms with van der Waals surface area (Å²) >= 11 is 6.15. The van der Waals surface area contributed by atoms with Crippen LogP contribution in [0.3, 0.4) is 0 Å². The summed E-state index contributed by atoms with van der Waals surface area (Å²) in [6.07, 6.45) is 1.91. The van der Waals surface area contributed by atoms with Crippen molar-refractivity contribution in [1.82, 2.24) is 5.32 Å². The molecule has 138 valence electrons. The summed E-state index contributed by atoms with van der Waals surface area (Å²) < 4.78 is 10.1. The SMILES string of the molecule is COC(=O)C1=C(C)NC2=C(C(=O)CCC2)[C@@H]1c1cc(Cl)c(O)c(OC)c1. The molecule has 0 unspecified atom stereocenters. The van der Waals surface area contributed by atoms with E-state index in [1.807, 2.05) is 0 Å². The van der Waals surface area contributed by atoms with Crippen LogP contribution in [0.25, 0.3) is 0 Å². The number of Topliss-reactive ketones (excluding diaryl/α,β-unsaturated/α-hetero) is 1. The number of benzene rings is 1. The maximum atomic E-state index is 12.7. The van der Waals surface area contributed by atoms with Gasteiger partial charge >= 0.3 is 5.97 Å². The van der Waals surface area contributed by atoms with Crippen LogP contribution in [0.1, 0.15) is 37.7 Å². The van der Waals surface area contributed by atoms with Gasteiger partial charge in [-0.25, -0.2) is 4.79 Å². The van der Waals surface area contributed by atoms with Crippen molar-refractivity contribution < 1.29 is 24.2 Å². The van der Waals surface area contributed by atoms with Gasteiger partial charge in [-0.1, -0.05) is 11.6 Å². The molecular weight excluding hydrogens is 358 g/mol. The zero-order chi connectivity index (χ0) is 19.0. The molecule has 2 N–H and O–H groups in total. The average molecular weight is 378 g/mol. The van der Waals surface area contributed by atoms with Gasteiger partial charge in [-0.2, -0.15) is 0 Å². The van der Waals surface area contributed by atoms with E-state index in [0.29, 0.717) is 28.8 Å². The van der Waals surface area contributed by atoms with Crippen LogP contribution in [0.15, 0.2) is 34.7 Å². The number of hydrogen-bond acceptors (Lipinski definition) is 6. The molecule has 0 radical (unpaired) electrons. The highest BCUT2D eigenvalue weighted by Crippen LogP contribution is 2.46. The third kappa shape index (κ3) is 2.94. The summed E-state index contributed by atoms with van der Waals surface area (Å²) in [7, 11) is 2.72. The molecule has 0 aromatic heterocycles. The van der Waals surface area contributed by atoms with E-state index in [1.54, 1.807) is 19.1 Å². The van der Waals surface area contributed by atoms with Crippen LogP contribution in [0.4, 0.5) is 0 Å². The molecular formula is C19H20ClNO5. The molecule has 26 heavy (non-hydrogen) atoms. The molecule has 1 aromatic carbocycles. The Labute approximate surface area is 156 Å². The van der Waals surface area contributed by atoms with E-state index in [0.717, 1.165) is 18.5 Å². The van der Waals surface area contributed by atoms with E-state index in [-0.39, 0.29) is 22.3 Å². The van der Waals surface area contributed by atoms with Crippen molar-refractivity contribution in [1.29, 1.82) is 0 Å². The number of ketones is 1. The lowest BCUT2D eigenvalue weighted by Gasteiger charge is -2.34. The third-order valence-corrected chi connectivity index (χ3v) is 5.07. The summed E-state index contributed by atoms with van der Waals surface area (Å²) in [6.45, 7) is 1.78. The van der Waals surface area contributed by atoms with E-state index in [2.05, 4.69) is 5.32 Å². The maximum absolute atomic E-state index is 12.7. The van der Waals surface area contributed by atoms with Gasteiger partial charge in [0, 0.05) is 29.3 Å². The predicted molar refractivity (Wildman–Crippen MR) is 96.1 cm³/mol. The number of phenols is 1. The molecule has 0 spiro atoms. The lowest BCUT2D eigenvalue weighted by Crippen LogP contribution is -2.34. The van der Waals surface area contributed by atoms with Crippen molar-refractivity contribution in [2.24, 2.45) is 0 Å². The Bertz CT molecular complexity index is 856. The van der Waals surface area contributed by atoms with Crippen molar-refractivity contribution in [3.05, 3.63) is 45.3 Å². The molecule has 2 aliphatic rings. The molecule has 0 amide bonds. The van der Waals surface area contributed by atoms with Crippen LogP contribution in [-0.2, 0) is 14.3 Å². The van der Waals surface area contributed by atoms with Gasteiger partial charge in [-0.15, -0.1) is 0 Å². The number of methoxy groups -OCH3 is 2. The molecule has 0 fully saturated rings. The molecule has 1 atom stereocenters. The summed E-state index contributed by atoms with van der Waals surface area (Å²) in [5, 5.41) is 13.3. The quantitative estimate of drug-likeness (QED) is 0.787. The highest BCUT2D eigenvalue weighted by atomic mass is 35.5. The van der Waals surface area contributed by atoms with Gasteiger partial charge in [-0.3, -0.25) is 4.79 Å². The number of carbonyl (C=O) groups is 2. The number of rotatable bonds is 3. The minimum absolute atomic E-state index is 0.0131. The molecule has 1 aromatic rings. The van der Waals surface area contributed by atoms with Crippen LogP contribution in [0, 0.1) is 0 Å². The Morgan fingerprint density at radius 3 is 2.69 bits per heavy atom. The maximum Gasteiger partial charge on any atom is 0.336 e. The summed E-state index contributed by atoms with van der Waals surface area (Å²) in [5.41, 5.74) is 2.95. The zero-order valence-corrected chi connectivity index (χ0v) is 15.6. The third-order valence-electron chi connectivity index (χ3n) is 4.79. The smallest absolute Gasteiger partial charge is 0.336 e. The van der Waals surface area contributed by atoms with Crippen LogP contribution in [-0.4, -0.2) is 31.1 Å². The molecule has 3 rings (SSSR count). The Balaban J connectivity index is 2.25. The van der Waals surface area contributed by atoms with Crippen LogP contribution < -0.4 is 10.1 Å². The predicted octanol–water partition coefficient (Wildman–Crippen LogP) is 3.20. The number of aromatic hydroxyl groups is 1. The van der Waals surface area contributed by atoms with Crippen molar-refractivity contribution in [2.75, 3.05) is 14.2 Å². The molecule has 1 aliphatic heterocycles. The van der Waals surface area contributed by atoms with Crippen molar-refractivity contribution in [2.45, 2.75) is 32.1 Å². The van der Waals surface area contributed by atoms with E-state index < -0.39 is 11.9 Å². The number of allylic oxidation sites excluding steroid dienone is 3. The molecule has 1 heterocycles. The standard InChI is InChI=1S/C19H20ClNO5/c1-9-15(19(24)26-3)16(17-12(21-9)5-4-6-13(17)22)10-7-11(20)18(23)14(8-10)25-2/h7-8,16,21,23H,4-6H2,1-3H3/t16-/m1/s1. The van der Waals surface area contributed by atoms with E-state index in [4.69, 9.17) is 21.1 Å². The van der Waals surface area contributed by atoms with Gasteiger partial charge in [0.05, 0.1) is 24.8 Å². The average Bonchev–Trinajstić information content (AvgIpc) is 2.62. The second kappa shape index (κ2) is 7.03. The van der Waals surface area contributed by atoms with Crippen LogP contribution in [0.5, 0.6) is 11.5 Å². The zero-order valence-electron chi connectivity index (χ0n) is 14.8. The highest BCUT2D eigenvalue weighted by Gasteiger charge is 2.39. The number of halogens is 1. The van der Waals surface area contributed by atoms with Gasteiger partial charge in [0.25, 0.3) is 0 Å². The highest BCUT2D eigenvalue weighted by molar-refractivity contribution is 6.32. The largest absolute Gasteiger partial charge is 0.503 e. The first-order chi connectivity index (χ1) is 12.4. The Hall–Kier alpha value is -2.47. The topological polar surface area (TPSA) is 84.9 Å². The monoisotopic (exact) mass is 377 g/mol. The minimum Gasteiger partial charge on any atom is -0.503 e. The second-order valence-electron chi connectivity index (χ2n) is 6.31. The van der Waals surface area contributed by atoms with E-state index in [9.17, 15) is 14.7 Å². The normalized spacial score (nSPS) is 19.8. The first-order valence-corrected chi connectivity index (χ1v) is 8.65. The van der Waals surface area contributed by atoms with Gasteiger partial charge in [0.1, 0.15) is 0 Å². The lowest BCUT2D eigenvalue weighted by molar-refractivity contribution is -0.136.